The minimum absolute atomic E-state index is 0.0719. The van der Waals surface area contributed by atoms with Gasteiger partial charge in [-0.3, -0.25) is 9.48 Å². The third-order valence-corrected chi connectivity index (χ3v) is 9.30. The van der Waals surface area contributed by atoms with Crippen LogP contribution in [0.1, 0.15) is 41.7 Å². The largest absolute Gasteiger partial charge is 0.476 e. The van der Waals surface area contributed by atoms with E-state index in [1.807, 2.05) is 4.72 Å². The molecule has 12 heteroatoms. The molecule has 34 heavy (non-hydrogen) atoms. The zero-order valence-corrected chi connectivity index (χ0v) is 20.2. The maximum Gasteiger partial charge on any atom is 0.268 e. The van der Waals surface area contributed by atoms with Crippen molar-refractivity contribution in [2.45, 2.75) is 37.5 Å². The van der Waals surface area contributed by atoms with E-state index in [0.29, 0.717) is 35.1 Å². The Morgan fingerprint density at radius 3 is 2.50 bits per heavy atom. The lowest BCUT2D eigenvalue weighted by Gasteiger charge is -2.08. The molecule has 3 heterocycles. The number of aromatic nitrogens is 5. The van der Waals surface area contributed by atoms with E-state index in [9.17, 15) is 13.2 Å². The van der Waals surface area contributed by atoms with Gasteiger partial charge < -0.3 is 4.74 Å². The average Bonchev–Trinajstić information content (AvgIpc) is 3.72. The first-order chi connectivity index (χ1) is 16.2. The fraction of sp³-hybridized carbons (Fsp3) is 0.455. The molecule has 0 bridgehead atoms. The van der Waals surface area contributed by atoms with Gasteiger partial charge in [-0.1, -0.05) is 11.6 Å². The SMILES string of the molecule is Cc1nn(C)cc1S(=O)(=O)NC(=O)c1ccc(-n2ccc(OCC3C4(CC4)C34CC4)n2)nc1Cl. The molecule has 0 saturated heterocycles. The molecule has 3 aliphatic rings. The number of sulfonamides is 1. The second-order valence-electron chi connectivity index (χ2n) is 9.47. The van der Waals surface area contributed by atoms with Crippen molar-refractivity contribution in [3.05, 3.63) is 47.0 Å². The number of hydrogen-bond acceptors (Lipinski definition) is 7. The molecule has 1 amide bonds. The third-order valence-electron chi connectivity index (χ3n) is 7.58. The Morgan fingerprint density at radius 2 is 1.91 bits per heavy atom. The number of halogens is 1. The average molecular weight is 503 g/mol. The van der Waals surface area contributed by atoms with Gasteiger partial charge in [0.25, 0.3) is 15.9 Å². The molecule has 3 aliphatic carbocycles. The molecular weight excluding hydrogens is 480 g/mol. The Morgan fingerprint density at radius 1 is 1.21 bits per heavy atom. The van der Waals surface area contributed by atoms with Gasteiger partial charge in [0.15, 0.2) is 5.82 Å². The van der Waals surface area contributed by atoms with Gasteiger partial charge >= 0.3 is 0 Å². The fourth-order valence-electron chi connectivity index (χ4n) is 5.60. The molecule has 3 fully saturated rings. The van der Waals surface area contributed by atoms with Crippen molar-refractivity contribution >= 4 is 27.5 Å². The van der Waals surface area contributed by atoms with Crippen LogP contribution in [0.25, 0.3) is 5.82 Å². The molecule has 6 rings (SSSR count). The number of nitrogens with one attached hydrogen (secondary N) is 1. The minimum Gasteiger partial charge on any atom is -0.476 e. The summed E-state index contributed by atoms with van der Waals surface area (Å²) >= 11 is 6.22. The van der Waals surface area contributed by atoms with Crippen LogP contribution < -0.4 is 9.46 Å². The maximum atomic E-state index is 12.6. The quantitative estimate of drug-likeness (QED) is 0.493. The van der Waals surface area contributed by atoms with Gasteiger partial charge in [0, 0.05) is 31.4 Å². The molecule has 0 aromatic carbocycles. The second kappa shape index (κ2) is 7.05. The van der Waals surface area contributed by atoms with E-state index >= 15 is 0 Å². The molecule has 178 valence electrons. The van der Waals surface area contributed by atoms with Gasteiger partial charge in [0.05, 0.1) is 17.9 Å². The highest BCUT2D eigenvalue weighted by molar-refractivity contribution is 7.90. The van der Waals surface area contributed by atoms with Crippen molar-refractivity contribution in [1.82, 2.24) is 29.3 Å². The monoisotopic (exact) mass is 502 g/mol. The number of fused-ring (bicyclic) bond motifs is 1. The predicted molar refractivity (Wildman–Crippen MR) is 121 cm³/mol. The lowest BCUT2D eigenvalue weighted by atomic mass is 10.3. The zero-order chi connectivity index (χ0) is 23.9. The van der Waals surface area contributed by atoms with E-state index in [2.05, 4.69) is 15.2 Å². The molecule has 3 aromatic heterocycles. The van der Waals surface area contributed by atoms with Crippen LogP contribution in [0.3, 0.4) is 0 Å². The van der Waals surface area contributed by atoms with Crippen molar-refractivity contribution in [1.29, 1.82) is 0 Å². The van der Waals surface area contributed by atoms with E-state index in [1.54, 1.807) is 32.3 Å². The summed E-state index contributed by atoms with van der Waals surface area (Å²) in [5.41, 5.74) is 1.35. The first-order valence-corrected chi connectivity index (χ1v) is 12.9. The van der Waals surface area contributed by atoms with E-state index in [0.717, 1.165) is 0 Å². The summed E-state index contributed by atoms with van der Waals surface area (Å²) in [7, 11) is -2.52. The van der Waals surface area contributed by atoms with Crippen LogP contribution in [-0.2, 0) is 17.1 Å². The van der Waals surface area contributed by atoms with Crippen LogP contribution in [0.5, 0.6) is 5.88 Å². The van der Waals surface area contributed by atoms with E-state index < -0.39 is 15.9 Å². The number of aryl methyl sites for hydroxylation is 2. The van der Waals surface area contributed by atoms with Gasteiger partial charge in [0.2, 0.25) is 5.88 Å². The Hall–Kier alpha value is -2.92. The Bertz CT molecular complexity index is 1420. The number of nitrogens with zero attached hydrogens (tertiary/aromatic N) is 5. The van der Waals surface area contributed by atoms with Crippen molar-refractivity contribution in [2.24, 2.45) is 23.8 Å². The fourth-order valence-corrected chi connectivity index (χ4v) is 7.02. The number of carbonyl (C=O) groups is 1. The lowest BCUT2D eigenvalue weighted by molar-refractivity contribution is 0.0981. The molecular formula is C22H23ClN6O4S. The third kappa shape index (κ3) is 3.24. The van der Waals surface area contributed by atoms with Crippen LogP contribution in [0, 0.1) is 23.7 Å². The highest BCUT2D eigenvalue weighted by Gasteiger charge is 2.86. The summed E-state index contributed by atoms with van der Waals surface area (Å²) in [4.78, 5) is 16.7. The lowest BCUT2D eigenvalue weighted by Crippen LogP contribution is -2.31. The van der Waals surface area contributed by atoms with Crippen molar-refractivity contribution < 1.29 is 17.9 Å². The number of amides is 1. The Balaban J connectivity index is 1.13. The smallest absolute Gasteiger partial charge is 0.268 e. The molecule has 3 aromatic rings. The van der Waals surface area contributed by atoms with E-state index in [-0.39, 0.29) is 21.3 Å². The predicted octanol–water partition coefficient (Wildman–Crippen LogP) is 2.65. The maximum absolute atomic E-state index is 12.6. The number of carbonyl (C=O) groups excluding carboxylic acids is 1. The Kier molecular flexibility index (Phi) is 4.48. The molecule has 0 unspecified atom stereocenters. The van der Waals surface area contributed by atoms with Crippen molar-refractivity contribution in [2.75, 3.05) is 6.61 Å². The van der Waals surface area contributed by atoms with Gasteiger partial charge in [-0.2, -0.15) is 5.10 Å². The zero-order valence-electron chi connectivity index (χ0n) is 18.7. The number of hydrogen-bond donors (Lipinski definition) is 1. The van der Waals surface area contributed by atoms with Crippen LogP contribution in [-0.4, -0.2) is 45.5 Å². The number of rotatable bonds is 7. The summed E-state index contributed by atoms with van der Waals surface area (Å²) in [6.07, 6.45) is 8.36. The van der Waals surface area contributed by atoms with Crippen LogP contribution in [0.4, 0.5) is 0 Å². The molecule has 2 spiro atoms. The van der Waals surface area contributed by atoms with Crippen LogP contribution in [0.15, 0.2) is 35.5 Å². The second-order valence-corrected chi connectivity index (χ2v) is 11.5. The standard InChI is InChI=1S/C22H23ClN6O4S/c1-13-15(11-28(2)25-13)34(31,32)27-20(30)14-3-4-17(24-19(14)23)29-10-5-18(26-29)33-12-16-21(6-7-21)22(16)8-9-22/h3-5,10-11,16H,6-9,12H2,1-2H3,(H,27,30). The number of ether oxygens (including phenoxy) is 1. The topological polar surface area (TPSA) is 121 Å². The molecule has 1 N–H and O–H groups in total. The van der Waals surface area contributed by atoms with Gasteiger partial charge in [-0.15, -0.1) is 5.10 Å². The van der Waals surface area contributed by atoms with E-state index in [4.69, 9.17) is 16.3 Å². The summed E-state index contributed by atoms with van der Waals surface area (Å²) in [5, 5.41) is 8.26. The van der Waals surface area contributed by atoms with Gasteiger partial charge in [-0.25, -0.2) is 22.8 Å². The first kappa shape index (κ1) is 21.6. The summed E-state index contributed by atoms with van der Waals surface area (Å²) in [6, 6.07) is 4.71. The summed E-state index contributed by atoms with van der Waals surface area (Å²) in [6.45, 7) is 2.23. The van der Waals surface area contributed by atoms with Gasteiger partial charge in [-0.05, 0) is 55.6 Å². The Labute approximate surface area is 201 Å². The van der Waals surface area contributed by atoms with E-state index in [1.165, 1.54) is 47.3 Å². The molecule has 3 saturated carbocycles. The first-order valence-electron chi connectivity index (χ1n) is 11.1. The van der Waals surface area contributed by atoms with Crippen molar-refractivity contribution in [3.63, 3.8) is 0 Å². The summed E-state index contributed by atoms with van der Waals surface area (Å²) in [5.74, 6) is 0.661. The van der Waals surface area contributed by atoms with Crippen molar-refractivity contribution in [3.8, 4) is 11.7 Å². The minimum atomic E-state index is -4.11. The van der Waals surface area contributed by atoms with Gasteiger partial charge in [0.1, 0.15) is 10.0 Å². The van der Waals surface area contributed by atoms with Crippen LogP contribution in [0.2, 0.25) is 5.15 Å². The number of pyridine rings is 1. The molecule has 0 radical (unpaired) electrons. The highest BCUT2D eigenvalue weighted by atomic mass is 35.5. The summed E-state index contributed by atoms with van der Waals surface area (Å²) < 4.78 is 36.0. The molecule has 0 aliphatic heterocycles. The normalized spacial score (nSPS) is 19.4. The molecule has 0 atom stereocenters. The highest BCUT2D eigenvalue weighted by Crippen LogP contribution is 2.92. The molecule has 10 nitrogen and oxygen atoms in total. The van der Waals surface area contributed by atoms with Crippen LogP contribution >= 0.6 is 11.6 Å².